The predicted molar refractivity (Wildman–Crippen MR) is 61.7 cm³/mol. The van der Waals surface area contributed by atoms with E-state index < -0.39 is 0 Å². The molecular formula is C14H23N. The van der Waals surface area contributed by atoms with Gasteiger partial charge in [0.1, 0.15) is 0 Å². The molecule has 15 heavy (non-hydrogen) atoms. The van der Waals surface area contributed by atoms with Gasteiger partial charge in [-0.05, 0) is 49.4 Å². The van der Waals surface area contributed by atoms with Crippen molar-refractivity contribution in [3.05, 3.63) is 0 Å². The van der Waals surface area contributed by atoms with Crippen LogP contribution in [0.3, 0.4) is 0 Å². The van der Waals surface area contributed by atoms with E-state index in [0.717, 1.165) is 23.9 Å². The lowest BCUT2D eigenvalue weighted by Gasteiger charge is -2.42. The molecule has 2 saturated carbocycles. The van der Waals surface area contributed by atoms with Crippen molar-refractivity contribution < 1.29 is 0 Å². The zero-order chi connectivity index (χ0) is 10.4. The Balaban J connectivity index is 1.65. The Morgan fingerprint density at radius 3 is 2.07 bits per heavy atom. The Bertz CT molecular complexity index is 294. The third kappa shape index (κ3) is 1.13. The molecule has 0 spiro atoms. The highest BCUT2D eigenvalue weighted by molar-refractivity contribution is 5.24. The van der Waals surface area contributed by atoms with Crippen molar-refractivity contribution in [3.8, 4) is 0 Å². The molecule has 4 aliphatic rings. The molecule has 1 heteroatoms. The lowest BCUT2D eigenvalue weighted by atomic mass is 9.75. The molecule has 4 rings (SSSR count). The minimum absolute atomic E-state index is 0.520. The van der Waals surface area contributed by atoms with Crippen LogP contribution in [0.25, 0.3) is 0 Å². The molecule has 0 aromatic rings. The van der Waals surface area contributed by atoms with Crippen molar-refractivity contribution in [2.24, 2.45) is 17.3 Å². The van der Waals surface area contributed by atoms with Gasteiger partial charge in [-0.3, -0.25) is 4.90 Å². The van der Waals surface area contributed by atoms with Crippen LogP contribution in [0.5, 0.6) is 0 Å². The number of hydrogen-bond acceptors (Lipinski definition) is 1. The van der Waals surface area contributed by atoms with Crippen molar-refractivity contribution in [2.75, 3.05) is 0 Å². The minimum atomic E-state index is 0.520. The first kappa shape index (κ1) is 9.04. The zero-order valence-electron chi connectivity index (χ0n) is 10.3. The van der Waals surface area contributed by atoms with Gasteiger partial charge < -0.3 is 0 Å². The van der Waals surface area contributed by atoms with Crippen LogP contribution in [0.2, 0.25) is 0 Å². The first-order valence-corrected chi connectivity index (χ1v) is 6.77. The molecule has 2 aliphatic carbocycles. The molecule has 0 N–H and O–H groups in total. The van der Waals surface area contributed by atoms with E-state index in [4.69, 9.17) is 0 Å². The van der Waals surface area contributed by atoms with Crippen LogP contribution in [-0.4, -0.2) is 22.5 Å². The van der Waals surface area contributed by atoms with E-state index >= 15 is 0 Å². The van der Waals surface area contributed by atoms with Crippen LogP contribution in [0, 0.1) is 17.3 Å². The van der Waals surface area contributed by atoms with E-state index in [9.17, 15) is 0 Å². The first-order chi connectivity index (χ1) is 6.99. The summed E-state index contributed by atoms with van der Waals surface area (Å²) in [7, 11) is 0. The molecule has 2 heterocycles. The molecule has 0 bridgehead atoms. The average molecular weight is 205 g/mol. The van der Waals surface area contributed by atoms with Crippen molar-refractivity contribution in [3.63, 3.8) is 0 Å². The van der Waals surface area contributed by atoms with E-state index in [1.807, 2.05) is 0 Å². The van der Waals surface area contributed by atoms with Gasteiger partial charge in [0.25, 0.3) is 0 Å². The first-order valence-electron chi connectivity index (χ1n) is 6.77. The molecule has 1 nitrogen and oxygen atoms in total. The highest BCUT2D eigenvalue weighted by Crippen LogP contribution is 2.68. The van der Waals surface area contributed by atoms with Gasteiger partial charge in [0.2, 0.25) is 0 Å². The van der Waals surface area contributed by atoms with E-state index in [1.165, 1.54) is 19.3 Å². The lowest BCUT2D eigenvalue weighted by molar-refractivity contribution is 0.0804. The van der Waals surface area contributed by atoms with Crippen LogP contribution < -0.4 is 0 Å². The van der Waals surface area contributed by atoms with Crippen molar-refractivity contribution in [2.45, 2.75) is 70.5 Å². The smallest absolute Gasteiger partial charge is 0.0227 e. The number of nitrogens with zero attached hydrogens (tertiary/aromatic N) is 1. The highest BCUT2D eigenvalue weighted by Gasteiger charge is 2.70. The Labute approximate surface area is 93.2 Å². The molecule has 2 aliphatic heterocycles. The molecule has 0 radical (unpaired) electrons. The fraction of sp³-hybridized carbons (Fsp3) is 1.00. The summed E-state index contributed by atoms with van der Waals surface area (Å²) in [5.74, 6) is 2.21. The van der Waals surface area contributed by atoms with Crippen molar-refractivity contribution >= 4 is 0 Å². The molecule has 0 aromatic heterocycles. The third-order valence-corrected chi connectivity index (χ3v) is 5.18. The second-order valence-corrected chi connectivity index (χ2v) is 7.90. The molecule has 4 fully saturated rings. The fourth-order valence-corrected chi connectivity index (χ4v) is 5.03. The Morgan fingerprint density at radius 2 is 1.60 bits per heavy atom. The SMILES string of the molecule is CC(C)(C)CC12CC3CC3N1[C@@H]1C[C@@H]1C2. The summed E-state index contributed by atoms with van der Waals surface area (Å²) >= 11 is 0. The molecule has 2 saturated heterocycles. The Kier molecular flexibility index (Phi) is 1.38. The van der Waals surface area contributed by atoms with E-state index in [-0.39, 0.29) is 0 Å². The summed E-state index contributed by atoms with van der Waals surface area (Å²) in [4.78, 5) is 2.99. The van der Waals surface area contributed by atoms with Crippen LogP contribution >= 0.6 is 0 Å². The predicted octanol–water partition coefficient (Wildman–Crippen LogP) is 3.05. The Morgan fingerprint density at radius 1 is 1.07 bits per heavy atom. The summed E-state index contributed by atoms with van der Waals surface area (Å²) < 4.78 is 0. The van der Waals surface area contributed by atoms with Gasteiger partial charge >= 0.3 is 0 Å². The zero-order valence-corrected chi connectivity index (χ0v) is 10.3. The molecule has 84 valence electrons. The molecule has 0 amide bonds. The largest absolute Gasteiger partial charge is 0.291 e. The summed E-state index contributed by atoms with van der Waals surface area (Å²) in [6, 6.07) is 2.06. The fourth-order valence-electron chi connectivity index (χ4n) is 5.03. The normalized spacial score (nSPS) is 56.2. The molecule has 0 aromatic carbocycles. The number of hydrogen-bond donors (Lipinski definition) is 0. The standard InChI is InChI=1S/C14H23N/c1-13(2,3)8-14-6-9-4-11(9)15(14)12-5-10(12)7-14/h9-12H,4-8H2,1-3H3/t9-,10?,11-,12?,14?/m1/s1. The minimum Gasteiger partial charge on any atom is -0.291 e. The molecular weight excluding hydrogens is 182 g/mol. The van der Waals surface area contributed by atoms with Crippen LogP contribution in [0.4, 0.5) is 0 Å². The summed E-state index contributed by atoms with van der Waals surface area (Å²) in [6.45, 7) is 7.27. The van der Waals surface area contributed by atoms with E-state index in [1.54, 1.807) is 12.8 Å². The van der Waals surface area contributed by atoms with Gasteiger partial charge in [-0.15, -0.1) is 0 Å². The van der Waals surface area contributed by atoms with Gasteiger partial charge in [-0.2, -0.15) is 0 Å². The third-order valence-electron chi connectivity index (χ3n) is 5.18. The molecule has 5 atom stereocenters. The van der Waals surface area contributed by atoms with Gasteiger partial charge in [0, 0.05) is 17.6 Å². The number of piperidine rings is 2. The Hall–Kier alpha value is -0.0400. The lowest BCUT2D eigenvalue weighted by Crippen LogP contribution is -2.46. The second kappa shape index (κ2) is 2.30. The topological polar surface area (TPSA) is 3.24 Å². The second-order valence-electron chi connectivity index (χ2n) is 7.90. The maximum Gasteiger partial charge on any atom is 0.0227 e. The monoisotopic (exact) mass is 205 g/mol. The maximum atomic E-state index is 2.99. The summed E-state index contributed by atoms with van der Waals surface area (Å²) in [5.41, 5.74) is 1.19. The number of rotatable bonds is 1. The maximum absolute atomic E-state index is 2.99. The van der Waals surface area contributed by atoms with Crippen molar-refractivity contribution in [1.82, 2.24) is 4.90 Å². The van der Waals surface area contributed by atoms with Crippen LogP contribution in [0.15, 0.2) is 0 Å². The van der Waals surface area contributed by atoms with Gasteiger partial charge in [-0.1, -0.05) is 20.8 Å². The van der Waals surface area contributed by atoms with Crippen LogP contribution in [0.1, 0.15) is 52.9 Å². The summed E-state index contributed by atoms with van der Waals surface area (Å²) in [6.07, 6.45) is 7.61. The van der Waals surface area contributed by atoms with E-state index in [2.05, 4.69) is 25.7 Å². The quantitative estimate of drug-likeness (QED) is 0.636. The highest BCUT2D eigenvalue weighted by atomic mass is 15.4. The average Bonchev–Trinajstić information content (AvgIpc) is 2.90. The number of fused-ring (bicyclic) bond motifs is 5. The van der Waals surface area contributed by atoms with E-state index in [0.29, 0.717) is 11.0 Å². The van der Waals surface area contributed by atoms with Crippen molar-refractivity contribution in [1.29, 1.82) is 0 Å². The van der Waals surface area contributed by atoms with Crippen LogP contribution in [-0.2, 0) is 0 Å². The van der Waals surface area contributed by atoms with Gasteiger partial charge in [0.05, 0.1) is 0 Å². The molecule has 3 unspecified atom stereocenters. The van der Waals surface area contributed by atoms with Gasteiger partial charge in [0.15, 0.2) is 0 Å². The van der Waals surface area contributed by atoms with Gasteiger partial charge in [-0.25, -0.2) is 0 Å². The summed E-state index contributed by atoms with van der Waals surface area (Å²) in [5, 5.41) is 0.